The van der Waals surface area contributed by atoms with Crippen LogP contribution in [-0.4, -0.2) is 25.3 Å². The highest BCUT2D eigenvalue weighted by atomic mass is 35.5. The summed E-state index contributed by atoms with van der Waals surface area (Å²) >= 11 is 6.03. The Kier molecular flexibility index (Phi) is 3.03. The molecule has 1 fully saturated rings. The molecule has 0 spiro atoms. The zero-order chi connectivity index (χ0) is 12.7. The van der Waals surface area contributed by atoms with Crippen molar-refractivity contribution in [1.82, 2.24) is 9.55 Å². The molecule has 1 aromatic heterocycles. The van der Waals surface area contributed by atoms with Gasteiger partial charge < -0.3 is 10.3 Å². The second-order valence-corrected chi connectivity index (χ2v) is 6.68. The summed E-state index contributed by atoms with van der Waals surface area (Å²) in [6.07, 6.45) is 1.77. The summed E-state index contributed by atoms with van der Waals surface area (Å²) in [6.45, 7) is 0. The monoisotopic (exact) mass is 283 g/mol. The van der Waals surface area contributed by atoms with Crippen molar-refractivity contribution in [2.75, 3.05) is 17.2 Å². The third kappa shape index (κ3) is 2.01. The summed E-state index contributed by atoms with van der Waals surface area (Å²) in [6, 6.07) is 5.87. The molecule has 0 aliphatic carbocycles. The van der Waals surface area contributed by atoms with Gasteiger partial charge in [-0.05, 0) is 31.0 Å². The van der Waals surface area contributed by atoms with Gasteiger partial charge in [-0.1, -0.05) is 11.6 Å². The maximum atomic E-state index is 11.4. The van der Waals surface area contributed by atoms with E-state index >= 15 is 0 Å². The van der Waals surface area contributed by atoms with Crippen LogP contribution in [-0.2, 0) is 10.8 Å². The summed E-state index contributed by atoms with van der Waals surface area (Å²) < 4.78 is 13.5. The molecule has 0 radical (unpaired) electrons. The lowest BCUT2D eigenvalue weighted by atomic mass is 10.1. The molecule has 3 rings (SSSR count). The molecule has 1 aromatic carbocycles. The number of hydrogen-bond acceptors (Lipinski definition) is 3. The lowest BCUT2D eigenvalue weighted by Crippen LogP contribution is -2.22. The van der Waals surface area contributed by atoms with Gasteiger partial charge in [-0.25, -0.2) is 4.98 Å². The highest BCUT2D eigenvalue weighted by Gasteiger charge is 2.23. The van der Waals surface area contributed by atoms with Crippen LogP contribution in [0.3, 0.4) is 0 Å². The molecule has 0 amide bonds. The number of fused-ring (bicyclic) bond motifs is 1. The van der Waals surface area contributed by atoms with Crippen molar-refractivity contribution in [2.45, 2.75) is 18.9 Å². The van der Waals surface area contributed by atoms with Gasteiger partial charge in [0.25, 0.3) is 0 Å². The molecular weight excluding hydrogens is 270 g/mol. The highest BCUT2D eigenvalue weighted by molar-refractivity contribution is 7.85. The van der Waals surface area contributed by atoms with Crippen molar-refractivity contribution in [3.05, 3.63) is 23.2 Å². The molecule has 1 aliphatic rings. The standard InChI is InChI=1S/C12H14ClN3OS/c13-8-1-2-10-11(7-8)16(12(14)15-10)9-3-5-18(17)6-4-9/h1-2,7,9H,3-6H2,(H2,14,15). The third-order valence-corrected chi connectivity index (χ3v) is 5.02. The van der Waals surface area contributed by atoms with Crippen molar-refractivity contribution in [3.63, 3.8) is 0 Å². The van der Waals surface area contributed by atoms with E-state index in [4.69, 9.17) is 17.3 Å². The Morgan fingerprint density at radius 3 is 2.83 bits per heavy atom. The fourth-order valence-corrected chi connectivity index (χ4v) is 3.95. The van der Waals surface area contributed by atoms with Gasteiger partial charge in [-0.3, -0.25) is 4.21 Å². The molecular formula is C12H14ClN3OS. The molecule has 4 nitrogen and oxygen atoms in total. The normalized spacial score (nSPS) is 24.5. The predicted molar refractivity (Wildman–Crippen MR) is 75.3 cm³/mol. The number of anilines is 1. The SMILES string of the molecule is Nc1nc2ccc(Cl)cc2n1C1CCS(=O)CC1. The first-order valence-corrected chi connectivity index (χ1v) is 7.79. The van der Waals surface area contributed by atoms with Crippen LogP contribution in [0.4, 0.5) is 5.95 Å². The van der Waals surface area contributed by atoms with Gasteiger partial charge in [0.15, 0.2) is 0 Å². The van der Waals surface area contributed by atoms with Crippen LogP contribution in [0.2, 0.25) is 5.02 Å². The Balaban J connectivity index is 2.07. The van der Waals surface area contributed by atoms with E-state index < -0.39 is 10.8 Å². The summed E-state index contributed by atoms with van der Waals surface area (Å²) in [5.41, 5.74) is 7.84. The van der Waals surface area contributed by atoms with E-state index in [1.54, 1.807) is 0 Å². The lowest BCUT2D eigenvalue weighted by Gasteiger charge is -2.24. The van der Waals surface area contributed by atoms with E-state index in [0.717, 1.165) is 35.4 Å². The Morgan fingerprint density at radius 2 is 2.11 bits per heavy atom. The molecule has 0 bridgehead atoms. The minimum absolute atomic E-state index is 0.283. The number of imidazole rings is 1. The number of nitrogen functional groups attached to an aromatic ring is 1. The van der Waals surface area contributed by atoms with Gasteiger partial charge in [-0.15, -0.1) is 0 Å². The van der Waals surface area contributed by atoms with Crippen molar-refractivity contribution in [3.8, 4) is 0 Å². The Labute approximate surface area is 113 Å². The number of aromatic nitrogens is 2. The van der Waals surface area contributed by atoms with Gasteiger partial charge in [0, 0.05) is 33.4 Å². The van der Waals surface area contributed by atoms with Crippen molar-refractivity contribution in [1.29, 1.82) is 0 Å². The van der Waals surface area contributed by atoms with Crippen LogP contribution in [0.5, 0.6) is 0 Å². The summed E-state index contributed by atoms with van der Waals surface area (Å²) in [5, 5.41) is 0.683. The first-order chi connectivity index (χ1) is 8.65. The largest absolute Gasteiger partial charge is 0.369 e. The first kappa shape index (κ1) is 12.0. The van der Waals surface area contributed by atoms with Crippen LogP contribution in [0.15, 0.2) is 18.2 Å². The summed E-state index contributed by atoms with van der Waals surface area (Å²) in [4.78, 5) is 4.35. The van der Waals surface area contributed by atoms with Crippen molar-refractivity contribution in [2.24, 2.45) is 0 Å². The van der Waals surface area contributed by atoms with Crippen molar-refractivity contribution < 1.29 is 4.21 Å². The van der Waals surface area contributed by atoms with Gasteiger partial charge in [-0.2, -0.15) is 0 Å². The van der Waals surface area contributed by atoms with E-state index in [0.29, 0.717) is 11.0 Å². The molecule has 0 atom stereocenters. The number of rotatable bonds is 1. The highest BCUT2D eigenvalue weighted by Crippen LogP contribution is 2.30. The van der Waals surface area contributed by atoms with Crippen LogP contribution < -0.4 is 5.73 Å². The molecule has 2 aromatic rings. The van der Waals surface area contributed by atoms with Gasteiger partial charge in [0.05, 0.1) is 11.0 Å². The van der Waals surface area contributed by atoms with E-state index in [1.807, 2.05) is 22.8 Å². The fourth-order valence-electron chi connectivity index (χ4n) is 2.51. The first-order valence-electron chi connectivity index (χ1n) is 5.93. The van der Waals surface area contributed by atoms with Crippen LogP contribution in [0.1, 0.15) is 18.9 Å². The molecule has 2 heterocycles. The second-order valence-electron chi connectivity index (χ2n) is 4.55. The molecule has 96 valence electrons. The van der Waals surface area contributed by atoms with Crippen LogP contribution in [0.25, 0.3) is 11.0 Å². The average Bonchev–Trinajstić information content (AvgIpc) is 2.66. The van der Waals surface area contributed by atoms with E-state index in [1.165, 1.54) is 0 Å². The van der Waals surface area contributed by atoms with E-state index in [2.05, 4.69) is 4.98 Å². The average molecular weight is 284 g/mol. The number of hydrogen-bond donors (Lipinski definition) is 1. The molecule has 2 N–H and O–H groups in total. The van der Waals surface area contributed by atoms with E-state index in [9.17, 15) is 4.21 Å². The number of benzene rings is 1. The van der Waals surface area contributed by atoms with Crippen molar-refractivity contribution >= 4 is 39.4 Å². The summed E-state index contributed by atoms with van der Waals surface area (Å²) in [5.74, 6) is 2.00. The maximum absolute atomic E-state index is 11.4. The molecule has 6 heteroatoms. The lowest BCUT2D eigenvalue weighted by molar-refractivity contribution is 0.478. The van der Waals surface area contributed by atoms with E-state index in [-0.39, 0.29) is 6.04 Å². The summed E-state index contributed by atoms with van der Waals surface area (Å²) in [7, 11) is -0.668. The molecule has 1 aliphatic heterocycles. The number of nitrogens with two attached hydrogens (primary N) is 1. The number of nitrogens with zero attached hydrogens (tertiary/aromatic N) is 2. The topological polar surface area (TPSA) is 60.9 Å². The van der Waals surface area contributed by atoms with Gasteiger partial charge in [0.1, 0.15) is 0 Å². The zero-order valence-corrected chi connectivity index (χ0v) is 11.4. The zero-order valence-electron chi connectivity index (χ0n) is 9.80. The van der Waals surface area contributed by atoms with Crippen LogP contribution in [0, 0.1) is 0 Å². The Morgan fingerprint density at radius 1 is 1.39 bits per heavy atom. The molecule has 0 unspecified atom stereocenters. The minimum atomic E-state index is -0.668. The Hall–Kier alpha value is -1.07. The van der Waals surface area contributed by atoms with Crippen LogP contribution >= 0.6 is 11.6 Å². The predicted octanol–water partition coefficient (Wildman–Crippen LogP) is 2.36. The second kappa shape index (κ2) is 4.55. The maximum Gasteiger partial charge on any atom is 0.201 e. The fraction of sp³-hybridized carbons (Fsp3) is 0.417. The number of halogens is 1. The minimum Gasteiger partial charge on any atom is -0.369 e. The third-order valence-electron chi connectivity index (χ3n) is 3.40. The molecule has 18 heavy (non-hydrogen) atoms. The molecule has 0 saturated carbocycles. The van der Waals surface area contributed by atoms with Gasteiger partial charge in [0.2, 0.25) is 5.95 Å². The Bertz CT molecular complexity index is 615. The van der Waals surface area contributed by atoms with Gasteiger partial charge >= 0.3 is 0 Å². The smallest absolute Gasteiger partial charge is 0.201 e. The molecule has 1 saturated heterocycles. The quantitative estimate of drug-likeness (QED) is 0.874.